The Labute approximate surface area is 164 Å². The number of hydrogen-bond acceptors (Lipinski definition) is 5. The number of esters is 1. The Kier molecular flexibility index (Phi) is 4.53. The first-order chi connectivity index (χ1) is 13.4. The van der Waals surface area contributed by atoms with Crippen LogP contribution in [0.25, 0.3) is 0 Å². The van der Waals surface area contributed by atoms with Gasteiger partial charge in [0.05, 0.1) is 36.0 Å². The topological polar surface area (TPSA) is 67.8 Å². The average Bonchev–Trinajstić information content (AvgIpc) is 2.83. The first-order valence-electron chi connectivity index (χ1n) is 9.52. The third-order valence-electron chi connectivity index (χ3n) is 5.52. The Morgan fingerprint density at radius 2 is 1.82 bits per heavy atom. The van der Waals surface area contributed by atoms with Gasteiger partial charge in [0, 0.05) is 12.1 Å². The number of nitrogens with one attached hydrogen (secondary N) is 1. The second-order valence-electron chi connectivity index (χ2n) is 8.32. The van der Waals surface area contributed by atoms with Gasteiger partial charge < -0.3 is 10.1 Å². The molecule has 144 valence electrons. The van der Waals surface area contributed by atoms with Gasteiger partial charge >= 0.3 is 5.97 Å². The van der Waals surface area contributed by atoms with Gasteiger partial charge in [-0.1, -0.05) is 38.1 Å². The number of nitrogens with zero attached hydrogens (tertiary/aromatic N) is 1. The Bertz CT molecular complexity index is 960. The number of aliphatic imine (C=N–C) groups is 1. The molecule has 5 nitrogen and oxygen atoms in total. The van der Waals surface area contributed by atoms with E-state index in [-0.39, 0.29) is 29.1 Å². The molecule has 28 heavy (non-hydrogen) atoms. The minimum absolute atomic E-state index is 0.0923. The van der Waals surface area contributed by atoms with Crippen LogP contribution in [0.1, 0.15) is 48.7 Å². The summed E-state index contributed by atoms with van der Waals surface area (Å²) in [6, 6.07) is 14.9. The maximum atomic E-state index is 13.2. The van der Waals surface area contributed by atoms with Crippen LogP contribution in [0.3, 0.4) is 0 Å². The maximum absolute atomic E-state index is 13.2. The molecule has 2 atom stereocenters. The molecular formula is C23H24N2O3. The molecule has 2 aromatic carbocycles. The highest BCUT2D eigenvalue weighted by molar-refractivity contribution is 6.10. The third-order valence-corrected chi connectivity index (χ3v) is 5.52. The van der Waals surface area contributed by atoms with Crippen LogP contribution in [-0.2, 0) is 9.53 Å². The van der Waals surface area contributed by atoms with E-state index in [0.717, 1.165) is 29.1 Å². The summed E-state index contributed by atoms with van der Waals surface area (Å²) >= 11 is 0. The zero-order chi connectivity index (χ0) is 19.9. The highest BCUT2D eigenvalue weighted by Crippen LogP contribution is 2.44. The molecule has 0 bridgehead atoms. The lowest BCUT2D eigenvalue weighted by Gasteiger charge is -2.37. The van der Waals surface area contributed by atoms with E-state index in [1.54, 1.807) is 12.1 Å². The molecule has 0 amide bonds. The molecule has 1 saturated carbocycles. The van der Waals surface area contributed by atoms with Crippen molar-refractivity contribution in [3.8, 4) is 0 Å². The summed E-state index contributed by atoms with van der Waals surface area (Å²) < 4.78 is 4.79. The van der Waals surface area contributed by atoms with Crippen molar-refractivity contribution in [2.45, 2.75) is 32.7 Å². The molecule has 0 saturated heterocycles. The SMILES string of the molecule is COC(=O)c1ccc([C@@H]2Nc3ccccc3N=C3CC(C)(C)CC(=O)C32)cc1. The molecule has 2 aliphatic rings. The van der Waals surface area contributed by atoms with Crippen molar-refractivity contribution in [2.24, 2.45) is 16.3 Å². The summed E-state index contributed by atoms with van der Waals surface area (Å²) in [6.45, 7) is 4.24. The predicted molar refractivity (Wildman–Crippen MR) is 109 cm³/mol. The molecule has 5 heteroatoms. The van der Waals surface area contributed by atoms with Crippen LogP contribution in [0.2, 0.25) is 0 Å². The summed E-state index contributed by atoms with van der Waals surface area (Å²) in [5.41, 5.74) is 4.06. The fraction of sp³-hybridized carbons (Fsp3) is 0.348. The van der Waals surface area contributed by atoms with Gasteiger partial charge in [0.15, 0.2) is 0 Å². The van der Waals surface area contributed by atoms with Crippen molar-refractivity contribution in [3.05, 3.63) is 59.7 Å². The van der Waals surface area contributed by atoms with Crippen LogP contribution in [-0.4, -0.2) is 24.6 Å². The van der Waals surface area contributed by atoms with Crippen LogP contribution in [0.15, 0.2) is 53.5 Å². The normalized spacial score (nSPS) is 22.8. The smallest absolute Gasteiger partial charge is 0.337 e. The first-order valence-corrected chi connectivity index (χ1v) is 9.52. The number of fused-ring (bicyclic) bond motifs is 2. The molecule has 1 aliphatic carbocycles. The molecule has 1 unspecified atom stereocenters. The summed E-state index contributed by atoms with van der Waals surface area (Å²) in [7, 11) is 1.37. The number of carbonyl (C=O) groups is 2. The average molecular weight is 376 g/mol. The van der Waals surface area contributed by atoms with Gasteiger partial charge in [-0.25, -0.2) is 4.79 Å². The van der Waals surface area contributed by atoms with Crippen molar-refractivity contribution >= 4 is 28.8 Å². The molecular weight excluding hydrogens is 352 g/mol. The molecule has 1 fully saturated rings. The number of anilines is 1. The van der Waals surface area contributed by atoms with Gasteiger partial charge in [0.1, 0.15) is 5.78 Å². The predicted octanol–water partition coefficient (Wildman–Crippen LogP) is 4.72. The monoisotopic (exact) mass is 376 g/mol. The third kappa shape index (κ3) is 3.33. The molecule has 4 rings (SSSR count). The number of benzene rings is 2. The highest BCUT2D eigenvalue weighted by atomic mass is 16.5. The van der Waals surface area contributed by atoms with Crippen LogP contribution in [0, 0.1) is 11.3 Å². The van der Waals surface area contributed by atoms with Crippen molar-refractivity contribution < 1.29 is 14.3 Å². The van der Waals surface area contributed by atoms with Gasteiger partial charge in [-0.3, -0.25) is 9.79 Å². The largest absolute Gasteiger partial charge is 0.465 e. The van der Waals surface area contributed by atoms with Crippen molar-refractivity contribution in [1.29, 1.82) is 0 Å². The Morgan fingerprint density at radius 3 is 2.54 bits per heavy atom. The standard InChI is InChI=1S/C23H24N2O3/c1-23(2)12-18-20(19(26)13-23)21(25-17-7-5-4-6-16(17)24-18)14-8-10-15(11-9-14)22(27)28-3/h4-11,20-21,25H,12-13H2,1-3H3/t20?,21-/m0/s1. The summed E-state index contributed by atoms with van der Waals surface area (Å²) in [5.74, 6) is -0.481. The molecule has 1 aliphatic heterocycles. The minimum Gasteiger partial charge on any atom is -0.465 e. The van der Waals surface area contributed by atoms with Crippen LogP contribution < -0.4 is 5.32 Å². The molecule has 0 aromatic heterocycles. The van der Waals surface area contributed by atoms with E-state index in [0.29, 0.717) is 12.0 Å². The lowest BCUT2D eigenvalue weighted by molar-refractivity contribution is -0.124. The van der Waals surface area contributed by atoms with E-state index in [2.05, 4.69) is 19.2 Å². The van der Waals surface area contributed by atoms with E-state index in [1.807, 2.05) is 36.4 Å². The summed E-state index contributed by atoms with van der Waals surface area (Å²) in [4.78, 5) is 29.8. The maximum Gasteiger partial charge on any atom is 0.337 e. The van der Waals surface area contributed by atoms with Crippen molar-refractivity contribution in [2.75, 3.05) is 12.4 Å². The van der Waals surface area contributed by atoms with Gasteiger partial charge in [-0.15, -0.1) is 0 Å². The van der Waals surface area contributed by atoms with Gasteiger partial charge in [0.2, 0.25) is 0 Å². The number of carbonyl (C=O) groups excluding carboxylic acids is 2. The van der Waals surface area contributed by atoms with E-state index >= 15 is 0 Å². The van der Waals surface area contributed by atoms with Gasteiger partial charge in [-0.05, 0) is 41.7 Å². The van der Waals surface area contributed by atoms with Crippen molar-refractivity contribution in [1.82, 2.24) is 0 Å². The Balaban J connectivity index is 1.79. The zero-order valence-corrected chi connectivity index (χ0v) is 16.4. The molecule has 1 N–H and O–H groups in total. The highest BCUT2D eigenvalue weighted by Gasteiger charge is 2.43. The second-order valence-corrected chi connectivity index (χ2v) is 8.32. The van der Waals surface area contributed by atoms with E-state index < -0.39 is 0 Å². The lowest BCUT2D eigenvalue weighted by Crippen LogP contribution is -2.42. The van der Waals surface area contributed by atoms with Crippen molar-refractivity contribution in [3.63, 3.8) is 0 Å². The Hall–Kier alpha value is -2.95. The summed E-state index contributed by atoms with van der Waals surface area (Å²) in [5, 5.41) is 3.54. The fourth-order valence-electron chi connectivity index (χ4n) is 4.24. The zero-order valence-electron chi connectivity index (χ0n) is 16.4. The number of hydrogen-bond donors (Lipinski definition) is 1. The van der Waals surface area contributed by atoms with E-state index in [1.165, 1.54) is 7.11 Å². The second kappa shape index (κ2) is 6.89. The number of para-hydroxylation sites is 2. The van der Waals surface area contributed by atoms with Gasteiger partial charge in [-0.2, -0.15) is 0 Å². The molecule has 0 radical (unpaired) electrons. The molecule has 0 spiro atoms. The lowest BCUT2D eigenvalue weighted by atomic mass is 9.68. The molecule has 1 heterocycles. The first kappa shape index (κ1) is 18.4. The number of rotatable bonds is 2. The van der Waals surface area contributed by atoms with Gasteiger partial charge in [0.25, 0.3) is 0 Å². The number of Topliss-reactive ketones (excluding diaryl/α,β-unsaturated/α-hetero) is 1. The van der Waals surface area contributed by atoms with Crippen LogP contribution in [0.4, 0.5) is 11.4 Å². The number of methoxy groups -OCH3 is 1. The van der Waals surface area contributed by atoms with E-state index in [4.69, 9.17) is 9.73 Å². The Morgan fingerprint density at radius 1 is 1.11 bits per heavy atom. The molecule has 2 aromatic rings. The minimum atomic E-state index is -0.372. The number of ketones is 1. The van der Waals surface area contributed by atoms with Crippen LogP contribution >= 0.6 is 0 Å². The summed E-state index contributed by atoms with van der Waals surface area (Å²) in [6.07, 6.45) is 1.32. The van der Waals surface area contributed by atoms with Crippen LogP contribution in [0.5, 0.6) is 0 Å². The fourth-order valence-corrected chi connectivity index (χ4v) is 4.24. The quantitative estimate of drug-likeness (QED) is 0.770. The van der Waals surface area contributed by atoms with E-state index in [9.17, 15) is 9.59 Å². The number of ether oxygens (including phenoxy) is 1.